The number of Topliss-reactive ketones (excluding diaryl/α,β-unsaturated/α-hetero) is 2. The quantitative estimate of drug-likeness (QED) is 0.128. The van der Waals surface area contributed by atoms with Crippen LogP contribution in [-0.4, -0.2) is 71.8 Å². The second kappa shape index (κ2) is 20.8. The first-order valence-electron chi connectivity index (χ1n) is 16.5. The summed E-state index contributed by atoms with van der Waals surface area (Å²) in [7, 11) is 0. The molecule has 0 spiro atoms. The Kier molecular flexibility index (Phi) is 17.6. The summed E-state index contributed by atoms with van der Waals surface area (Å²) in [5.74, 6) is 0.553. The third-order valence-electron chi connectivity index (χ3n) is 9.15. The number of hydrogen-bond donors (Lipinski definition) is 5. The highest BCUT2D eigenvalue weighted by molar-refractivity contribution is 7.78. The lowest BCUT2D eigenvalue weighted by Gasteiger charge is -2.34. The molecule has 3 fully saturated rings. The fraction of sp³-hybridized carbons (Fsp3) is 0.647. The molecule has 46 heavy (non-hydrogen) atoms. The number of hydrogen-bond acceptors (Lipinski definition) is 8. The van der Waals surface area contributed by atoms with Crippen LogP contribution in [0.1, 0.15) is 102 Å². The Hall–Kier alpha value is -3.25. The molecular weight excluding hydrogens is 606 g/mol. The minimum absolute atomic E-state index is 0.0244. The van der Waals surface area contributed by atoms with E-state index < -0.39 is 24.2 Å². The van der Waals surface area contributed by atoms with Crippen LogP contribution in [0.15, 0.2) is 30.3 Å². The predicted molar refractivity (Wildman–Crippen MR) is 181 cm³/mol. The van der Waals surface area contributed by atoms with E-state index in [0.717, 1.165) is 57.1 Å². The lowest BCUT2D eigenvalue weighted by atomic mass is 9.80. The summed E-state index contributed by atoms with van der Waals surface area (Å²) in [6.07, 6.45) is 12.3. The van der Waals surface area contributed by atoms with Gasteiger partial charge in [-0.1, -0.05) is 95.5 Å². The summed E-state index contributed by atoms with van der Waals surface area (Å²) in [4.78, 5) is 71.9. The van der Waals surface area contributed by atoms with Crippen molar-refractivity contribution in [2.45, 2.75) is 116 Å². The number of nitrogens with one attached hydrogen (secondary N) is 3. The Balaban J connectivity index is 0.000000437. The van der Waals surface area contributed by atoms with Crippen LogP contribution in [0.5, 0.6) is 0 Å². The number of likely N-dealkylation sites (tertiary alicyclic amines) is 1. The number of urea groups is 1. The normalized spacial score (nSPS) is 19.9. The standard InChI is InChI=1S/C25H35N3O4.C8H15NOS.CH3NO/c1-17(2)21(23(30)19-12-7-4-8-13-19)26-25(32)27-22(18-10-5-3-6-11-18)24(31)28-15-9-14-20(28)16-29;1-6(10)8(9-11)5-7-3-2-4-7;2-1-3/h4,7-8,12-13,16-18,20-22H,3,5-6,9-11,14-15H2,1-2H3,(H2,26,27,32);7-9,11H,2-5H2,1H3;1H,(H2,2,3). The highest BCUT2D eigenvalue weighted by atomic mass is 32.1. The van der Waals surface area contributed by atoms with Crippen molar-refractivity contribution in [2.24, 2.45) is 23.5 Å². The number of ketones is 2. The molecule has 4 rings (SSSR count). The molecule has 0 bridgehead atoms. The van der Waals surface area contributed by atoms with E-state index in [1.54, 1.807) is 36.1 Å². The van der Waals surface area contributed by atoms with Crippen LogP contribution in [0.4, 0.5) is 4.79 Å². The summed E-state index contributed by atoms with van der Waals surface area (Å²) < 4.78 is 2.75. The van der Waals surface area contributed by atoms with E-state index in [1.807, 2.05) is 19.9 Å². The molecule has 2 aliphatic carbocycles. The van der Waals surface area contributed by atoms with Gasteiger partial charge in [0.1, 0.15) is 18.1 Å². The first kappa shape index (κ1) is 38.9. The molecule has 1 heterocycles. The molecular formula is C34H53N5O6S. The van der Waals surface area contributed by atoms with Crippen LogP contribution in [0.25, 0.3) is 0 Å². The topological polar surface area (TPSA) is 168 Å². The maximum Gasteiger partial charge on any atom is 0.316 e. The Morgan fingerprint density at radius 3 is 2.07 bits per heavy atom. The first-order valence-corrected chi connectivity index (χ1v) is 17.0. The lowest BCUT2D eigenvalue weighted by Crippen LogP contribution is -2.58. The van der Waals surface area contributed by atoms with E-state index in [1.165, 1.54) is 19.3 Å². The summed E-state index contributed by atoms with van der Waals surface area (Å²) >= 11 is 3.92. The van der Waals surface area contributed by atoms with Gasteiger partial charge in [0.15, 0.2) is 5.78 Å². The number of primary amides is 1. The van der Waals surface area contributed by atoms with Gasteiger partial charge in [-0.15, -0.1) is 0 Å². The zero-order valence-corrected chi connectivity index (χ0v) is 28.4. The number of nitrogens with zero attached hydrogens (tertiary/aromatic N) is 1. The summed E-state index contributed by atoms with van der Waals surface area (Å²) in [6, 6.07) is 6.56. The molecule has 1 aliphatic heterocycles. The van der Waals surface area contributed by atoms with Crippen LogP contribution >= 0.6 is 12.8 Å². The second-order valence-corrected chi connectivity index (χ2v) is 13.0. The minimum atomic E-state index is -0.700. The van der Waals surface area contributed by atoms with Gasteiger partial charge in [0.25, 0.3) is 0 Å². The van der Waals surface area contributed by atoms with Gasteiger partial charge in [-0.05, 0) is 56.8 Å². The predicted octanol–water partition coefficient (Wildman–Crippen LogP) is 4.00. The molecule has 5 N–H and O–H groups in total. The van der Waals surface area contributed by atoms with Gasteiger partial charge >= 0.3 is 6.03 Å². The van der Waals surface area contributed by atoms with Crippen LogP contribution < -0.4 is 21.1 Å². The number of thiol groups is 1. The molecule has 1 saturated heterocycles. The molecule has 3 aliphatic rings. The first-order chi connectivity index (χ1) is 22.1. The largest absolute Gasteiger partial charge is 0.372 e. The monoisotopic (exact) mass is 659 g/mol. The highest BCUT2D eigenvalue weighted by Gasteiger charge is 2.38. The SMILES string of the molecule is CC(=O)C(CC1CCC1)NS.CC(C)C(NC(=O)NC(C(=O)N1CCCC1C=O)C1CCCCC1)C(=O)c1ccccc1.NC=O. The van der Waals surface area contributed by atoms with Gasteiger partial charge in [-0.2, -0.15) is 0 Å². The molecule has 1 aromatic carbocycles. The fourth-order valence-corrected chi connectivity index (χ4v) is 6.53. The van der Waals surface area contributed by atoms with Crippen molar-refractivity contribution in [3.63, 3.8) is 0 Å². The van der Waals surface area contributed by atoms with Crippen LogP contribution in [0.3, 0.4) is 0 Å². The number of rotatable bonds is 12. The maximum absolute atomic E-state index is 13.4. The van der Waals surface area contributed by atoms with Gasteiger partial charge in [0, 0.05) is 12.1 Å². The van der Waals surface area contributed by atoms with Crippen LogP contribution in [-0.2, 0) is 19.2 Å². The number of amides is 4. The lowest BCUT2D eigenvalue weighted by molar-refractivity contribution is -0.137. The van der Waals surface area contributed by atoms with Crippen molar-refractivity contribution in [2.75, 3.05) is 6.54 Å². The van der Waals surface area contributed by atoms with Crippen LogP contribution in [0.2, 0.25) is 0 Å². The molecule has 12 heteroatoms. The summed E-state index contributed by atoms with van der Waals surface area (Å²) in [6.45, 7) is 5.92. The zero-order valence-electron chi connectivity index (χ0n) is 27.5. The fourth-order valence-electron chi connectivity index (χ4n) is 6.25. The second-order valence-electron chi connectivity index (χ2n) is 12.8. The molecule has 4 unspecified atom stereocenters. The van der Waals surface area contributed by atoms with Crippen molar-refractivity contribution in [1.82, 2.24) is 20.3 Å². The number of carbonyl (C=O) groups excluding carboxylic acids is 6. The molecule has 4 atom stereocenters. The third-order valence-corrected chi connectivity index (χ3v) is 9.46. The molecule has 1 aromatic rings. The molecule has 0 aromatic heterocycles. The molecule has 2 saturated carbocycles. The van der Waals surface area contributed by atoms with Crippen molar-refractivity contribution in [3.05, 3.63) is 35.9 Å². The molecule has 11 nitrogen and oxygen atoms in total. The van der Waals surface area contributed by atoms with Gasteiger partial charge in [0.2, 0.25) is 12.3 Å². The molecule has 256 valence electrons. The van der Waals surface area contributed by atoms with E-state index in [0.29, 0.717) is 18.5 Å². The number of nitrogens with two attached hydrogens (primary N) is 1. The average Bonchev–Trinajstić information content (AvgIpc) is 3.52. The number of aldehydes is 1. The number of benzene rings is 1. The summed E-state index contributed by atoms with van der Waals surface area (Å²) in [5, 5.41) is 5.71. The van der Waals surface area contributed by atoms with Gasteiger partial charge < -0.3 is 26.1 Å². The summed E-state index contributed by atoms with van der Waals surface area (Å²) in [5.41, 5.74) is 4.71. The molecule has 0 radical (unpaired) electrons. The van der Waals surface area contributed by atoms with E-state index in [2.05, 4.69) is 33.9 Å². The van der Waals surface area contributed by atoms with Crippen molar-refractivity contribution in [1.29, 1.82) is 0 Å². The van der Waals surface area contributed by atoms with E-state index in [9.17, 15) is 24.0 Å². The molecule has 4 amide bonds. The highest BCUT2D eigenvalue weighted by Crippen LogP contribution is 2.31. The Morgan fingerprint density at radius 2 is 1.57 bits per heavy atom. The Labute approximate surface area is 279 Å². The Morgan fingerprint density at radius 1 is 0.935 bits per heavy atom. The van der Waals surface area contributed by atoms with Gasteiger partial charge in [-0.25, -0.2) is 4.79 Å². The Bertz CT molecular complexity index is 1130. The maximum atomic E-state index is 13.4. The van der Waals surface area contributed by atoms with Gasteiger partial charge in [-0.3, -0.25) is 23.9 Å². The average molecular weight is 660 g/mol. The van der Waals surface area contributed by atoms with Crippen molar-refractivity contribution in [3.8, 4) is 0 Å². The van der Waals surface area contributed by atoms with Crippen LogP contribution in [0, 0.1) is 17.8 Å². The third kappa shape index (κ3) is 12.2. The smallest absolute Gasteiger partial charge is 0.316 e. The minimum Gasteiger partial charge on any atom is -0.372 e. The van der Waals surface area contributed by atoms with Crippen molar-refractivity contribution >= 4 is 49.0 Å². The van der Waals surface area contributed by atoms with Gasteiger partial charge in [0.05, 0.1) is 18.1 Å². The van der Waals surface area contributed by atoms with E-state index >= 15 is 0 Å². The van der Waals surface area contributed by atoms with Crippen molar-refractivity contribution < 1.29 is 28.8 Å². The zero-order chi connectivity index (χ0) is 34.1. The van der Waals surface area contributed by atoms with E-state index in [-0.39, 0.29) is 41.8 Å². The van der Waals surface area contributed by atoms with E-state index in [4.69, 9.17) is 4.79 Å². The number of carbonyl (C=O) groups is 6.